The molecule has 1 atom stereocenters. The lowest BCUT2D eigenvalue weighted by Gasteiger charge is -2.16. The molecule has 0 bridgehead atoms. The van der Waals surface area contributed by atoms with Crippen LogP contribution in [0, 0.1) is 5.92 Å². The molecule has 0 nitrogen and oxygen atoms in total. The zero-order valence-electron chi connectivity index (χ0n) is 11.6. The third-order valence-corrected chi connectivity index (χ3v) is 4.92. The van der Waals surface area contributed by atoms with Gasteiger partial charge in [-0.2, -0.15) is 0 Å². The van der Waals surface area contributed by atoms with Gasteiger partial charge < -0.3 is 0 Å². The first-order valence-electron chi connectivity index (χ1n) is 7.50. The lowest BCUT2D eigenvalue weighted by atomic mass is 9.89. The van der Waals surface area contributed by atoms with E-state index in [-0.39, 0.29) is 0 Å². The second-order valence-corrected chi connectivity index (χ2v) is 6.23. The highest BCUT2D eigenvalue weighted by Gasteiger charge is 2.22. The Morgan fingerprint density at radius 3 is 2.94 bits per heavy atom. The molecule has 0 N–H and O–H groups in total. The summed E-state index contributed by atoms with van der Waals surface area (Å²) >= 11 is 0. The van der Waals surface area contributed by atoms with Gasteiger partial charge in [0.1, 0.15) is 0 Å². The molecule has 3 aliphatic rings. The van der Waals surface area contributed by atoms with Crippen molar-refractivity contribution in [2.24, 2.45) is 5.92 Å². The van der Waals surface area contributed by atoms with E-state index in [1.54, 1.807) is 22.3 Å². The van der Waals surface area contributed by atoms with Crippen LogP contribution < -0.4 is 0 Å². The van der Waals surface area contributed by atoms with Crippen molar-refractivity contribution in [1.82, 2.24) is 0 Å². The van der Waals surface area contributed by atoms with E-state index >= 15 is 0 Å². The normalized spacial score (nSPS) is 27.4. The van der Waals surface area contributed by atoms with Crippen LogP contribution in [0.1, 0.15) is 58.3 Å². The lowest BCUT2D eigenvalue weighted by Crippen LogP contribution is -1.99. The number of allylic oxidation sites excluding steroid dienone is 7. The van der Waals surface area contributed by atoms with Gasteiger partial charge in [-0.15, -0.1) is 0 Å². The van der Waals surface area contributed by atoms with Crippen molar-refractivity contribution in [3.05, 3.63) is 46.6 Å². The van der Waals surface area contributed by atoms with Crippen LogP contribution in [0.5, 0.6) is 0 Å². The van der Waals surface area contributed by atoms with Gasteiger partial charge in [0.25, 0.3) is 0 Å². The van der Waals surface area contributed by atoms with E-state index in [4.69, 9.17) is 0 Å². The molecule has 0 amide bonds. The predicted octanol–water partition coefficient (Wildman–Crippen LogP) is 5.49. The smallest absolute Gasteiger partial charge is 0.0124 e. The van der Waals surface area contributed by atoms with E-state index in [0.29, 0.717) is 0 Å². The summed E-state index contributed by atoms with van der Waals surface area (Å²) in [7, 11) is 0. The molecule has 0 spiro atoms. The molecule has 3 aliphatic carbocycles. The van der Waals surface area contributed by atoms with E-state index in [2.05, 4.69) is 25.7 Å². The zero-order chi connectivity index (χ0) is 12.5. The van der Waals surface area contributed by atoms with E-state index in [0.717, 1.165) is 5.92 Å². The molecule has 0 aromatic heterocycles. The molecule has 0 aromatic carbocycles. The third kappa shape index (κ3) is 2.25. The number of hydrogen-bond acceptors (Lipinski definition) is 0. The Bertz CT molecular complexity index is 456. The molecule has 1 unspecified atom stereocenters. The van der Waals surface area contributed by atoms with Gasteiger partial charge in [0.15, 0.2) is 0 Å². The molecular formula is C18H24. The molecule has 3 rings (SSSR count). The van der Waals surface area contributed by atoms with Gasteiger partial charge in [-0.05, 0) is 75.4 Å². The second kappa shape index (κ2) is 4.91. The Balaban J connectivity index is 1.64. The van der Waals surface area contributed by atoms with E-state index < -0.39 is 0 Å². The summed E-state index contributed by atoms with van der Waals surface area (Å²) in [4.78, 5) is 0. The maximum Gasteiger partial charge on any atom is -0.0124 e. The van der Waals surface area contributed by atoms with Crippen molar-refractivity contribution in [2.45, 2.75) is 58.3 Å². The highest BCUT2D eigenvalue weighted by atomic mass is 14.3. The molecule has 18 heavy (non-hydrogen) atoms. The van der Waals surface area contributed by atoms with Crippen LogP contribution in [0.3, 0.4) is 0 Å². The highest BCUT2D eigenvalue weighted by molar-refractivity contribution is 5.52. The summed E-state index contributed by atoms with van der Waals surface area (Å²) in [5.41, 5.74) is 8.00. The molecule has 0 aliphatic heterocycles. The Kier molecular flexibility index (Phi) is 3.28. The maximum atomic E-state index is 4.23. The van der Waals surface area contributed by atoms with Crippen molar-refractivity contribution >= 4 is 0 Å². The van der Waals surface area contributed by atoms with Crippen molar-refractivity contribution in [3.63, 3.8) is 0 Å². The molecule has 0 heteroatoms. The summed E-state index contributed by atoms with van der Waals surface area (Å²) in [6, 6.07) is 0. The molecule has 96 valence electrons. The molecule has 1 fully saturated rings. The predicted molar refractivity (Wildman–Crippen MR) is 78.4 cm³/mol. The quantitative estimate of drug-likeness (QED) is 0.572. The van der Waals surface area contributed by atoms with Crippen molar-refractivity contribution in [2.75, 3.05) is 0 Å². The maximum absolute atomic E-state index is 4.23. The largest absolute Gasteiger partial charge is 0.0996 e. The molecule has 1 saturated carbocycles. The summed E-state index contributed by atoms with van der Waals surface area (Å²) in [5, 5.41) is 0. The van der Waals surface area contributed by atoms with Crippen LogP contribution in [0.25, 0.3) is 0 Å². The summed E-state index contributed by atoms with van der Waals surface area (Å²) < 4.78 is 0. The van der Waals surface area contributed by atoms with Crippen LogP contribution in [0.2, 0.25) is 0 Å². The van der Waals surface area contributed by atoms with E-state index in [9.17, 15) is 0 Å². The minimum absolute atomic E-state index is 0.809. The van der Waals surface area contributed by atoms with Gasteiger partial charge in [0.05, 0.1) is 0 Å². The minimum atomic E-state index is 0.809. The minimum Gasteiger partial charge on any atom is -0.0996 e. The summed E-state index contributed by atoms with van der Waals surface area (Å²) in [5.74, 6) is 0.809. The fourth-order valence-electron chi connectivity index (χ4n) is 3.69. The van der Waals surface area contributed by atoms with Gasteiger partial charge in [-0.25, -0.2) is 0 Å². The van der Waals surface area contributed by atoms with Crippen LogP contribution in [0.4, 0.5) is 0 Å². The van der Waals surface area contributed by atoms with Gasteiger partial charge in [0.2, 0.25) is 0 Å². The van der Waals surface area contributed by atoms with Crippen molar-refractivity contribution < 1.29 is 0 Å². The van der Waals surface area contributed by atoms with Crippen LogP contribution in [-0.4, -0.2) is 0 Å². The average Bonchev–Trinajstić information content (AvgIpc) is 2.93. The first-order chi connectivity index (χ1) is 8.74. The van der Waals surface area contributed by atoms with E-state index in [1.165, 1.54) is 56.9 Å². The standard InChI is InChI=1S/C18H24/c1-13-6-7-16-10-11-17(18(16)12-13)9-8-15-5-3-4-14(15)2/h11-12,15H,2-10H2,1H3. The Morgan fingerprint density at radius 1 is 1.28 bits per heavy atom. The van der Waals surface area contributed by atoms with Crippen LogP contribution in [0.15, 0.2) is 46.6 Å². The van der Waals surface area contributed by atoms with Crippen LogP contribution >= 0.6 is 0 Å². The fraction of sp³-hybridized carbons (Fsp3) is 0.556. The molecule has 0 heterocycles. The Labute approximate surface area is 111 Å². The van der Waals surface area contributed by atoms with Crippen molar-refractivity contribution in [1.29, 1.82) is 0 Å². The number of hydrogen-bond donors (Lipinski definition) is 0. The SMILES string of the molecule is C=C1CCCC1CCC1=CCC2=C1C=C(C)CC2. The lowest BCUT2D eigenvalue weighted by molar-refractivity contribution is 0.574. The number of rotatable bonds is 3. The third-order valence-electron chi connectivity index (χ3n) is 4.92. The molecule has 0 aromatic rings. The highest BCUT2D eigenvalue weighted by Crippen LogP contribution is 2.40. The topological polar surface area (TPSA) is 0 Å². The Hall–Kier alpha value is -1.04. The van der Waals surface area contributed by atoms with Crippen LogP contribution in [-0.2, 0) is 0 Å². The summed E-state index contributed by atoms with van der Waals surface area (Å²) in [6.07, 6.45) is 15.4. The first-order valence-corrected chi connectivity index (χ1v) is 7.50. The molecule has 0 radical (unpaired) electrons. The van der Waals surface area contributed by atoms with Gasteiger partial charge >= 0.3 is 0 Å². The first kappa shape index (κ1) is 12.0. The summed E-state index contributed by atoms with van der Waals surface area (Å²) in [6.45, 7) is 6.51. The monoisotopic (exact) mass is 240 g/mol. The zero-order valence-corrected chi connectivity index (χ0v) is 11.6. The van der Waals surface area contributed by atoms with Gasteiger partial charge in [-0.3, -0.25) is 0 Å². The van der Waals surface area contributed by atoms with Gasteiger partial charge in [0, 0.05) is 0 Å². The molecular weight excluding hydrogens is 216 g/mol. The Morgan fingerprint density at radius 2 is 2.17 bits per heavy atom. The van der Waals surface area contributed by atoms with E-state index in [1.807, 2.05) is 0 Å². The second-order valence-electron chi connectivity index (χ2n) is 6.23. The fourth-order valence-corrected chi connectivity index (χ4v) is 3.69. The molecule has 0 saturated heterocycles. The van der Waals surface area contributed by atoms with Gasteiger partial charge in [-0.1, -0.05) is 35.5 Å². The van der Waals surface area contributed by atoms with Crippen molar-refractivity contribution in [3.8, 4) is 0 Å². The average molecular weight is 240 g/mol.